The first-order valence-corrected chi connectivity index (χ1v) is 12.3. The fourth-order valence-corrected chi connectivity index (χ4v) is 8.12. The molecular weight excluding hydrogens is 460 g/mol. The highest BCUT2D eigenvalue weighted by molar-refractivity contribution is 5.96. The SMILES string of the molecule is CC[C@](C)(O)C(=O)O[C@H]1C(=O)O[C@@H]2C[C@H]3C(C)=CC(=O)[C@H](O)[C@]3(C)[C@H]3[C@@]4(O)OC[C@]32[C@@H]1[C@H](C)[C@H]4O. The summed E-state index contributed by atoms with van der Waals surface area (Å²) in [6.45, 7) is 7.88. The van der Waals surface area contributed by atoms with E-state index >= 15 is 0 Å². The molecule has 0 aromatic carbocycles. The van der Waals surface area contributed by atoms with Crippen LogP contribution in [-0.4, -0.2) is 80.6 Å². The second kappa shape index (κ2) is 7.35. The van der Waals surface area contributed by atoms with Crippen LogP contribution in [0.25, 0.3) is 0 Å². The molecule has 0 aromatic heterocycles. The van der Waals surface area contributed by atoms with Gasteiger partial charge in [0.25, 0.3) is 0 Å². The third-order valence-electron chi connectivity index (χ3n) is 9.99. The second-order valence-electron chi connectivity index (χ2n) is 11.6. The van der Waals surface area contributed by atoms with E-state index in [-0.39, 0.29) is 19.4 Å². The molecular formula is C25H34O10. The Labute approximate surface area is 203 Å². The number of ether oxygens (including phenoxy) is 3. The average Bonchev–Trinajstić information content (AvgIpc) is 3.08. The molecule has 35 heavy (non-hydrogen) atoms. The third-order valence-corrected chi connectivity index (χ3v) is 9.99. The second-order valence-corrected chi connectivity index (χ2v) is 11.6. The summed E-state index contributed by atoms with van der Waals surface area (Å²) < 4.78 is 17.4. The topological polar surface area (TPSA) is 160 Å². The van der Waals surface area contributed by atoms with Crippen molar-refractivity contribution in [2.75, 3.05) is 6.61 Å². The lowest BCUT2D eigenvalue weighted by atomic mass is 9.38. The molecule has 1 spiro atoms. The summed E-state index contributed by atoms with van der Waals surface area (Å²) in [5.41, 5.74) is -3.54. The van der Waals surface area contributed by atoms with Crippen molar-refractivity contribution in [3.05, 3.63) is 11.6 Å². The Hall–Kier alpha value is -1.85. The molecule has 5 aliphatic rings. The van der Waals surface area contributed by atoms with Crippen LogP contribution in [0.4, 0.5) is 0 Å². The molecule has 0 radical (unpaired) electrons. The van der Waals surface area contributed by atoms with Gasteiger partial charge in [-0.3, -0.25) is 4.79 Å². The minimum absolute atomic E-state index is 0.0510. The number of carbonyl (C=O) groups excluding carboxylic acids is 3. The molecule has 3 aliphatic carbocycles. The molecule has 194 valence electrons. The summed E-state index contributed by atoms with van der Waals surface area (Å²) in [4.78, 5) is 38.8. The van der Waals surface area contributed by atoms with Crippen LogP contribution >= 0.6 is 0 Å². The number of fused-ring (bicyclic) bond motifs is 1. The zero-order chi connectivity index (χ0) is 25.9. The molecule has 2 saturated heterocycles. The number of hydrogen-bond acceptors (Lipinski definition) is 10. The van der Waals surface area contributed by atoms with Crippen LogP contribution in [0.2, 0.25) is 0 Å². The Balaban J connectivity index is 1.69. The van der Waals surface area contributed by atoms with Gasteiger partial charge < -0.3 is 34.6 Å². The maximum atomic E-state index is 13.3. The molecule has 0 amide bonds. The highest BCUT2D eigenvalue weighted by Gasteiger charge is 2.83. The van der Waals surface area contributed by atoms with E-state index in [1.54, 1.807) is 27.7 Å². The maximum absolute atomic E-state index is 13.3. The number of esters is 2. The molecule has 10 nitrogen and oxygen atoms in total. The lowest BCUT2D eigenvalue weighted by Crippen LogP contribution is -2.78. The molecule has 0 unspecified atom stereocenters. The van der Waals surface area contributed by atoms with E-state index in [1.165, 1.54) is 13.0 Å². The molecule has 2 aliphatic heterocycles. The van der Waals surface area contributed by atoms with Crippen LogP contribution in [0.15, 0.2) is 11.6 Å². The quantitative estimate of drug-likeness (QED) is 0.389. The van der Waals surface area contributed by atoms with Crippen molar-refractivity contribution >= 4 is 17.7 Å². The van der Waals surface area contributed by atoms with Gasteiger partial charge in [-0.2, -0.15) is 0 Å². The van der Waals surface area contributed by atoms with E-state index in [1.807, 2.05) is 0 Å². The number of ketones is 1. The van der Waals surface area contributed by atoms with Crippen molar-refractivity contribution in [3.63, 3.8) is 0 Å². The van der Waals surface area contributed by atoms with E-state index in [0.29, 0.717) is 5.57 Å². The standard InChI is InChI=1S/C25H34O10/c1-6-22(4,31)21(30)35-16-15-11(3)17(27)25(32)20-23(5)12(10(2)7-13(26)18(23)28)8-14(34-19(16)29)24(15,20)9-33-25/h7,11-12,14-18,20,27-28,31-32H,6,8-9H2,1-5H3/t11-,12-,14+,15+,16+,17+,18-,20+,22-,23+,24-,25-/m0/s1. The molecule has 4 N–H and O–H groups in total. The highest BCUT2D eigenvalue weighted by atomic mass is 16.7. The molecule has 2 saturated carbocycles. The summed E-state index contributed by atoms with van der Waals surface area (Å²) in [6.07, 6.45) is -3.51. The Bertz CT molecular complexity index is 1020. The van der Waals surface area contributed by atoms with Gasteiger partial charge in [-0.1, -0.05) is 26.3 Å². The van der Waals surface area contributed by atoms with Crippen molar-refractivity contribution in [1.82, 2.24) is 0 Å². The minimum atomic E-state index is -2.12. The van der Waals surface area contributed by atoms with Gasteiger partial charge in [-0.15, -0.1) is 0 Å². The highest BCUT2D eigenvalue weighted by Crippen LogP contribution is 2.73. The number of carbonyl (C=O) groups is 3. The minimum Gasteiger partial charge on any atom is -0.459 e. The molecule has 0 aromatic rings. The van der Waals surface area contributed by atoms with Crippen molar-refractivity contribution in [2.45, 2.75) is 83.3 Å². The molecule has 5 rings (SSSR count). The smallest absolute Gasteiger partial charge is 0.348 e. The lowest BCUT2D eigenvalue weighted by molar-refractivity contribution is -0.340. The van der Waals surface area contributed by atoms with E-state index in [2.05, 4.69) is 0 Å². The number of aliphatic hydroxyl groups excluding tert-OH is 2. The zero-order valence-corrected chi connectivity index (χ0v) is 20.6. The molecule has 2 heterocycles. The first kappa shape index (κ1) is 24.8. The van der Waals surface area contributed by atoms with Crippen molar-refractivity contribution < 1.29 is 49.0 Å². The van der Waals surface area contributed by atoms with E-state index < -0.39 is 88.0 Å². The predicted octanol–water partition coefficient (Wildman–Crippen LogP) is -0.151. The monoisotopic (exact) mass is 494 g/mol. The van der Waals surface area contributed by atoms with Gasteiger partial charge in [0.2, 0.25) is 6.10 Å². The lowest BCUT2D eigenvalue weighted by Gasteiger charge is -2.68. The fourth-order valence-electron chi connectivity index (χ4n) is 8.12. The number of aliphatic hydroxyl groups is 4. The van der Waals surface area contributed by atoms with Gasteiger partial charge in [-0.05, 0) is 44.6 Å². The molecule has 2 bridgehead atoms. The molecule has 12 atom stereocenters. The van der Waals surface area contributed by atoms with Crippen molar-refractivity contribution in [3.8, 4) is 0 Å². The summed E-state index contributed by atoms with van der Waals surface area (Å²) in [6, 6.07) is 0. The third kappa shape index (κ3) is 2.80. The summed E-state index contributed by atoms with van der Waals surface area (Å²) in [7, 11) is 0. The Morgan fingerprint density at radius 2 is 1.97 bits per heavy atom. The van der Waals surface area contributed by atoms with Gasteiger partial charge in [-0.25, -0.2) is 9.59 Å². The molecule has 4 fully saturated rings. The fraction of sp³-hybridized carbons (Fsp3) is 0.800. The van der Waals surface area contributed by atoms with E-state index in [4.69, 9.17) is 14.2 Å². The van der Waals surface area contributed by atoms with Crippen LogP contribution in [0, 0.1) is 34.5 Å². The normalized spacial score (nSPS) is 52.0. The van der Waals surface area contributed by atoms with Gasteiger partial charge in [0.15, 0.2) is 17.2 Å². The van der Waals surface area contributed by atoms with E-state index in [9.17, 15) is 34.8 Å². The first-order valence-electron chi connectivity index (χ1n) is 12.3. The molecule has 10 heteroatoms. The Kier molecular flexibility index (Phi) is 5.21. The predicted molar refractivity (Wildman–Crippen MR) is 117 cm³/mol. The van der Waals surface area contributed by atoms with Crippen molar-refractivity contribution in [1.29, 1.82) is 0 Å². The average molecular weight is 495 g/mol. The maximum Gasteiger partial charge on any atom is 0.348 e. The number of allylic oxidation sites excluding steroid dienone is 1. The Morgan fingerprint density at radius 1 is 1.31 bits per heavy atom. The van der Waals surface area contributed by atoms with Crippen molar-refractivity contribution in [2.24, 2.45) is 34.5 Å². The number of rotatable bonds is 3. The van der Waals surface area contributed by atoms with Gasteiger partial charge in [0.05, 0.1) is 6.61 Å². The van der Waals surface area contributed by atoms with Gasteiger partial charge in [0.1, 0.15) is 18.3 Å². The summed E-state index contributed by atoms with van der Waals surface area (Å²) in [5, 5.41) is 44.8. The summed E-state index contributed by atoms with van der Waals surface area (Å²) >= 11 is 0. The van der Waals surface area contributed by atoms with Crippen LogP contribution < -0.4 is 0 Å². The van der Waals surface area contributed by atoms with Crippen LogP contribution in [-0.2, 0) is 28.6 Å². The van der Waals surface area contributed by atoms with Gasteiger partial charge >= 0.3 is 11.9 Å². The van der Waals surface area contributed by atoms with Crippen LogP contribution in [0.5, 0.6) is 0 Å². The Morgan fingerprint density at radius 3 is 2.60 bits per heavy atom. The van der Waals surface area contributed by atoms with E-state index in [0.717, 1.165) is 0 Å². The van der Waals surface area contributed by atoms with Crippen LogP contribution in [0.3, 0.4) is 0 Å². The first-order chi connectivity index (χ1) is 16.2. The van der Waals surface area contributed by atoms with Crippen LogP contribution in [0.1, 0.15) is 47.5 Å². The number of hydrogen-bond donors (Lipinski definition) is 4. The zero-order valence-electron chi connectivity index (χ0n) is 20.6. The van der Waals surface area contributed by atoms with Gasteiger partial charge in [0, 0.05) is 22.7 Å². The summed E-state index contributed by atoms with van der Waals surface area (Å²) in [5.74, 6) is -7.47. The largest absolute Gasteiger partial charge is 0.459 e.